The molecule has 0 saturated carbocycles. The molecule has 1 atom stereocenters. The van der Waals surface area contributed by atoms with Crippen LogP contribution in [0.2, 0.25) is 0 Å². The molecule has 1 aliphatic heterocycles. The molecule has 1 aliphatic rings. The zero-order valence-electron chi connectivity index (χ0n) is 22.5. The number of nitrogens with zero attached hydrogens (tertiary/aromatic N) is 1. The smallest absolute Gasteiger partial charge is 0.313 e. The molecule has 1 heterocycles. The van der Waals surface area contributed by atoms with Crippen molar-refractivity contribution in [3.05, 3.63) is 88.0 Å². The second kappa shape index (κ2) is 10.3. The molecule has 194 valence electrons. The monoisotopic (exact) mass is 500 g/mol. The van der Waals surface area contributed by atoms with Crippen molar-refractivity contribution in [2.45, 2.75) is 59.4 Å². The number of carbonyl (C=O) groups excluding carboxylic acids is 1. The molecule has 1 amide bonds. The molecular weight excluding hydrogens is 464 g/mol. The second-order valence-electron chi connectivity index (χ2n) is 10.4. The lowest BCUT2D eigenvalue weighted by atomic mass is 9.84. The summed E-state index contributed by atoms with van der Waals surface area (Å²) in [5.41, 5.74) is 6.03. The van der Waals surface area contributed by atoms with E-state index in [1.807, 2.05) is 32.9 Å². The van der Waals surface area contributed by atoms with Gasteiger partial charge in [-0.1, -0.05) is 30.3 Å². The van der Waals surface area contributed by atoms with Crippen LogP contribution in [-0.4, -0.2) is 36.2 Å². The topological polar surface area (TPSA) is 78.9 Å². The summed E-state index contributed by atoms with van der Waals surface area (Å²) in [6.45, 7) is 12.8. The maximum atomic E-state index is 13.2. The van der Waals surface area contributed by atoms with Crippen molar-refractivity contribution >= 4 is 23.3 Å². The normalized spacial score (nSPS) is 14.9. The maximum Gasteiger partial charge on any atom is 0.313 e. The molecule has 0 unspecified atom stereocenters. The Morgan fingerprint density at radius 3 is 2.49 bits per heavy atom. The van der Waals surface area contributed by atoms with E-state index in [-0.39, 0.29) is 11.9 Å². The number of hydrogen-bond acceptors (Lipinski definition) is 4. The van der Waals surface area contributed by atoms with Crippen LogP contribution >= 0.6 is 0 Å². The number of likely N-dealkylation sites (N-methyl/N-ethyl adjacent to an activating group) is 1. The molecule has 0 bridgehead atoms. The van der Waals surface area contributed by atoms with E-state index in [0.717, 1.165) is 35.4 Å². The van der Waals surface area contributed by atoms with Crippen LogP contribution in [0.15, 0.2) is 54.6 Å². The zero-order valence-corrected chi connectivity index (χ0v) is 22.5. The highest BCUT2D eigenvalue weighted by Gasteiger charge is 2.30. The summed E-state index contributed by atoms with van der Waals surface area (Å²) in [6, 6.07) is 17.8. The number of carboxylic acid groups (broad SMARTS) is 1. The summed E-state index contributed by atoms with van der Waals surface area (Å²) in [5.74, 6) is -0.370. The quantitative estimate of drug-likeness (QED) is 0.393. The van der Waals surface area contributed by atoms with Crippen molar-refractivity contribution < 1.29 is 19.4 Å². The Kier molecular flexibility index (Phi) is 7.30. The summed E-state index contributed by atoms with van der Waals surface area (Å²) < 4.78 is 6.28. The van der Waals surface area contributed by atoms with E-state index in [1.54, 1.807) is 32.0 Å². The number of benzene rings is 3. The number of carbonyl (C=O) groups is 2. The van der Waals surface area contributed by atoms with Crippen molar-refractivity contribution in [2.75, 3.05) is 23.4 Å². The molecule has 3 aromatic rings. The molecule has 0 spiro atoms. The molecule has 0 fully saturated rings. The van der Waals surface area contributed by atoms with Gasteiger partial charge in [-0.25, -0.2) is 0 Å². The number of aryl methyl sites for hydroxylation is 1. The minimum Gasteiger partial charge on any atom is -0.491 e. The predicted molar refractivity (Wildman–Crippen MR) is 148 cm³/mol. The lowest BCUT2D eigenvalue weighted by Gasteiger charge is -2.26. The van der Waals surface area contributed by atoms with Gasteiger partial charge in [0.1, 0.15) is 12.4 Å². The average molecular weight is 501 g/mol. The van der Waals surface area contributed by atoms with Gasteiger partial charge in [-0.2, -0.15) is 0 Å². The first-order chi connectivity index (χ1) is 17.5. The SMILES string of the molecule is CCN1c2ccccc2C[C@@H]1COc1ccc(C(=O)Nc2cc(C(C)(C)C(=O)O)ccc2C)c(C)c1C. The van der Waals surface area contributed by atoms with Gasteiger partial charge in [-0.3, -0.25) is 9.59 Å². The first-order valence-electron chi connectivity index (χ1n) is 12.8. The molecule has 0 radical (unpaired) electrons. The van der Waals surface area contributed by atoms with Crippen LogP contribution in [0.4, 0.5) is 11.4 Å². The van der Waals surface area contributed by atoms with E-state index in [1.165, 1.54) is 11.3 Å². The van der Waals surface area contributed by atoms with Crippen molar-refractivity contribution in [1.29, 1.82) is 0 Å². The van der Waals surface area contributed by atoms with Crippen molar-refractivity contribution in [3.63, 3.8) is 0 Å². The fourth-order valence-corrected chi connectivity index (χ4v) is 4.94. The van der Waals surface area contributed by atoms with Gasteiger partial charge in [0.2, 0.25) is 0 Å². The van der Waals surface area contributed by atoms with Gasteiger partial charge in [0.15, 0.2) is 0 Å². The van der Waals surface area contributed by atoms with Crippen LogP contribution in [0.3, 0.4) is 0 Å². The Morgan fingerprint density at radius 2 is 1.78 bits per heavy atom. The largest absolute Gasteiger partial charge is 0.491 e. The molecule has 3 aromatic carbocycles. The third-order valence-electron chi connectivity index (χ3n) is 7.69. The molecule has 2 N–H and O–H groups in total. The van der Waals surface area contributed by atoms with Crippen LogP contribution < -0.4 is 15.0 Å². The van der Waals surface area contributed by atoms with Gasteiger partial charge in [0.25, 0.3) is 5.91 Å². The highest BCUT2D eigenvalue weighted by atomic mass is 16.5. The minimum absolute atomic E-state index is 0.232. The lowest BCUT2D eigenvalue weighted by molar-refractivity contribution is -0.142. The van der Waals surface area contributed by atoms with E-state index < -0.39 is 11.4 Å². The first kappa shape index (κ1) is 26.3. The summed E-state index contributed by atoms with van der Waals surface area (Å²) in [5, 5.41) is 12.6. The third-order valence-corrected chi connectivity index (χ3v) is 7.69. The summed E-state index contributed by atoms with van der Waals surface area (Å²) in [4.78, 5) is 27.3. The van der Waals surface area contributed by atoms with Crippen molar-refractivity contribution in [3.8, 4) is 5.75 Å². The molecule has 37 heavy (non-hydrogen) atoms. The van der Waals surface area contributed by atoms with Gasteiger partial charge >= 0.3 is 5.97 Å². The summed E-state index contributed by atoms with van der Waals surface area (Å²) >= 11 is 0. The number of carboxylic acids is 1. The van der Waals surface area contributed by atoms with E-state index in [0.29, 0.717) is 23.4 Å². The number of amides is 1. The van der Waals surface area contributed by atoms with Gasteiger partial charge in [-0.05, 0) is 100 Å². The van der Waals surface area contributed by atoms with Crippen LogP contribution in [0, 0.1) is 20.8 Å². The highest BCUT2D eigenvalue weighted by Crippen LogP contribution is 2.33. The highest BCUT2D eigenvalue weighted by molar-refractivity contribution is 6.06. The van der Waals surface area contributed by atoms with Crippen LogP contribution in [0.25, 0.3) is 0 Å². The number of aliphatic carboxylic acids is 1. The zero-order chi connectivity index (χ0) is 26.9. The molecule has 4 rings (SSSR count). The number of nitrogens with one attached hydrogen (secondary N) is 1. The Morgan fingerprint density at radius 1 is 1.05 bits per heavy atom. The Bertz CT molecular complexity index is 1350. The number of anilines is 2. The molecule has 0 saturated heterocycles. The maximum absolute atomic E-state index is 13.2. The third kappa shape index (κ3) is 5.06. The standard InChI is InChI=1S/C31H36N2O4/c1-7-33-24(16-22-10-8-9-11-27(22)33)18-37-28-15-14-25(20(3)21(28)4)29(34)32-26-17-23(13-12-19(26)2)31(5,6)30(35)36/h8-15,17,24H,7,16,18H2,1-6H3,(H,32,34)(H,35,36)/t24-/m1/s1. The number of fused-ring (bicyclic) bond motifs is 1. The minimum atomic E-state index is -1.06. The molecular formula is C31H36N2O4. The van der Waals surface area contributed by atoms with Gasteiger partial charge in [0.05, 0.1) is 11.5 Å². The van der Waals surface area contributed by atoms with Crippen molar-refractivity contribution in [1.82, 2.24) is 0 Å². The van der Waals surface area contributed by atoms with Crippen LogP contribution in [-0.2, 0) is 16.6 Å². The fourth-order valence-electron chi connectivity index (χ4n) is 4.94. The number of rotatable bonds is 8. The average Bonchev–Trinajstić information content (AvgIpc) is 3.23. The Balaban J connectivity index is 1.49. The van der Waals surface area contributed by atoms with Gasteiger partial charge < -0.3 is 20.1 Å². The first-order valence-corrected chi connectivity index (χ1v) is 12.8. The molecule has 6 nitrogen and oxygen atoms in total. The molecule has 0 aromatic heterocycles. The second-order valence-corrected chi connectivity index (χ2v) is 10.4. The fraction of sp³-hybridized carbons (Fsp3) is 0.355. The lowest BCUT2D eigenvalue weighted by Crippen LogP contribution is -2.36. The number of hydrogen-bond donors (Lipinski definition) is 2. The molecule has 0 aliphatic carbocycles. The van der Waals surface area contributed by atoms with E-state index >= 15 is 0 Å². The molecule has 6 heteroatoms. The van der Waals surface area contributed by atoms with E-state index in [9.17, 15) is 14.7 Å². The van der Waals surface area contributed by atoms with Crippen LogP contribution in [0.5, 0.6) is 5.75 Å². The van der Waals surface area contributed by atoms with Crippen molar-refractivity contribution in [2.24, 2.45) is 0 Å². The number of ether oxygens (including phenoxy) is 1. The van der Waals surface area contributed by atoms with E-state index in [4.69, 9.17) is 4.74 Å². The van der Waals surface area contributed by atoms with Crippen LogP contribution in [0.1, 0.15) is 58.9 Å². The summed E-state index contributed by atoms with van der Waals surface area (Å²) in [6.07, 6.45) is 0.958. The Labute approximate surface area is 219 Å². The van der Waals surface area contributed by atoms with Gasteiger partial charge in [0, 0.05) is 23.5 Å². The predicted octanol–water partition coefficient (Wildman–Crippen LogP) is 6.06. The Hall–Kier alpha value is -3.80. The number of para-hydroxylation sites is 1. The summed E-state index contributed by atoms with van der Waals surface area (Å²) in [7, 11) is 0. The van der Waals surface area contributed by atoms with Gasteiger partial charge in [-0.15, -0.1) is 0 Å². The van der Waals surface area contributed by atoms with E-state index in [2.05, 4.69) is 41.4 Å².